The summed E-state index contributed by atoms with van der Waals surface area (Å²) < 4.78 is 0. The van der Waals surface area contributed by atoms with Gasteiger partial charge in [0.2, 0.25) is 17.7 Å². The number of carboxylic acid groups (broad SMARTS) is 1. The van der Waals surface area contributed by atoms with Gasteiger partial charge in [-0.3, -0.25) is 24.5 Å². The van der Waals surface area contributed by atoms with Crippen LogP contribution in [0.3, 0.4) is 0 Å². The summed E-state index contributed by atoms with van der Waals surface area (Å²) in [6.45, 7) is 13.6. The van der Waals surface area contributed by atoms with E-state index in [1.807, 2.05) is 46.8 Å². The zero-order valence-corrected chi connectivity index (χ0v) is 29.8. The molecule has 11 nitrogen and oxygen atoms in total. The summed E-state index contributed by atoms with van der Waals surface area (Å²) in [5.74, 6) is -2.18. The van der Waals surface area contributed by atoms with Gasteiger partial charge in [0.25, 0.3) is 5.97 Å². The molecular weight excluding hydrogens is 586 g/mol. The highest BCUT2D eigenvalue weighted by atomic mass is 16.4. The number of carbonyl (C=O) groups is 4. The van der Waals surface area contributed by atoms with Crippen LogP contribution in [0.1, 0.15) is 132 Å². The van der Waals surface area contributed by atoms with Crippen LogP contribution in [0.5, 0.6) is 0 Å². The number of rotatable bonds is 12. The van der Waals surface area contributed by atoms with E-state index >= 15 is 0 Å². The molecule has 0 saturated carbocycles. The van der Waals surface area contributed by atoms with Gasteiger partial charge in [-0.1, -0.05) is 78.7 Å². The van der Waals surface area contributed by atoms with Crippen molar-refractivity contribution in [3.8, 4) is 0 Å². The molecule has 0 aliphatic carbocycles. The van der Waals surface area contributed by atoms with E-state index in [-0.39, 0.29) is 23.8 Å². The highest BCUT2D eigenvalue weighted by Gasteiger charge is 2.39. The molecular formula is C35H67N5O6. The second-order valence-electron chi connectivity index (χ2n) is 12.9. The quantitative estimate of drug-likeness (QED) is 0.116. The molecule has 46 heavy (non-hydrogen) atoms. The first-order valence-corrected chi connectivity index (χ1v) is 17.2. The second kappa shape index (κ2) is 26.3. The lowest BCUT2D eigenvalue weighted by molar-refractivity contribution is -0.134. The minimum absolute atomic E-state index is 0.178. The van der Waals surface area contributed by atoms with E-state index in [4.69, 9.17) is 21.4 Å². The third-order valence-electron chi connectivity index (χ3n) is 7.43. The summed E-state index contributed by atoms with van der Waals surface area (Å²) in [6, 6.07) is -0.682. The molecule has 0 bridgehead atoms. The minimum atomic E-state index is -1.20. The van der Waals surface area contributed by atoms with Gasteiger partial charge in [-0.05, 0) is 82.6 Å². The summed E-state index contributed by atoms with van der Waals surface area (Å²) in [7, 11) is 0. The average molecular weight is 654 g/mol. The van der Waals surface area contributed by atoms with Crippen LogP contribution in [0.15, 0.2) is 24.3 Å². The van der Waals surface area contributed by atoms with Crippen LogP contribution in [0.2, 0.25) is 0 Å². The number of carbonyl (C=O) groups excluding carboxylic acids is 3. The van der Waals surface area contributed by atoms with Gasteiger partial charge in [-0.15, -0.1) is 0 Å². The van der Waals surface area contributed by atoms with Gasteiger partial charge in [0, 0.05) is 12.8 Å². The number of aliphatic hydroxyl groups is 1. The number of nitrogens with two attached hydrogens (primary N) is 2. The first-order valence-electron chi connectivity index (χ1n) is 17.2. The Hall–Kier alpha value is -2.76. The normalized spacial score (nSPS) is 24.0. The highest BCUT2D eigenvalue weighted by molar-refractivity contribution is 5.86. The number of unbranched alkanes of at least 4 members (excludes halogenated alkanes) is 3. The first-order chi connectivity index (χ1) is 21.7. The van der Waals surface area contributed by atoms with Crippen molar-refractivity contribution in [1.29, 1.82) is 0 Å². The molecule has 0 spiro atoms. The lowest BCUT2D eigenvalue weighted by Gasteiger charge is -2.38. The van der Waals surface area contributed by atoms with Gasteiger partial charge in [-0.2, -0.15) is 0 Å². The fraction of sp³-hybridized carbons (Fsp3) is 0.771. The standard InChI is InChI=1S/C31H57N5O4.C2H4O2.C2H6/c1-5-6-7-8-9-11-14-19-31(29(33)40)20-15-12-10-13-17-24(18-16-21-32)27(38)34-23-26(37)35-25(28(39)36-31)22-30(2,3)4;1-2(3)4;1-2/h8-10,13,24-25,28,36,39H,5-7,11-12,14-23,32H2,1-4H3,(H2,33,40)(H,34,38)(H,35,37);1H3,(H,3,4);1-2H3/b9-8+,13-10-;;/t24?,25-,28?,31-;;/m0../s1. The van der Waals surface area contributed by atoms with E-state index in [0.717, 1.165) is 51.9 Å². The largest absolute Gasteiger partial charge is 0.481 e. The lowest BCUT2D eigenvalue weighted by Crippen LogP contribution is -2.64. The van der Waals surface area contributed by atoms with E-state index in [0.29, 0.717) is 45.1 Å². The van der Waals surface area contributed by atoms with E-state index < -0.39 is 35.6 Å². The molecule has 0 aromatic rings. The van der Waals surface area contributed by atoms with Crippen LogP contribution in [-0.4, -0.2) is 64.8 Å². The Morgan fingerprint density at radius 1 is 1.09 bits per heavy atom. The van der Waals surface area contributed by atoms with Crippen molar-refractivity contribution in [2.75, 3.05) is 13.1 Å². The number of primary amides is 1. The SMILES string of the molecule is CC.CC(=O)O.CCCC/C=C/CCC[C@@]1(C(N)=O)CCC/C=C\CC(CCCN)C(=O)NCC(=O)N[C@@H](CC(C)(C)C)C(O)N1. The number of amides is 3. The summed E-state index contributed by atoms with van der Waals surface area (Å²) in [4.78, 5) is 47.7. The third-order valence-corrected chi connectivity index (χ3v) is 7.43. The number of carboxylic acids is 1. The van der Waals surface area contributed by atoms with Gasteiger partial charge < -0.3 is 32.3 Å². The van der Waals surface area contributed by atoms with Crippen LogP contribution in [0.25, 0.3) is 0 Å². The molecule has 11 heteroatoms. The predicted molar refractivity (Wildman–Crippen MR) is 187 cm³/mol. The van der Waals surface area contributed by atoms with Gasteiger partial charge in [0.05, 0.1) is 18.1 Å². The van der Waals surface area contributed by atoms with Gasteiger partial charge >= 0.3 is 0 Å². The number of aliphatic hydroxyl groups excluding tert-OH is 1. The third kappa shape index (κ3) is 22.7. The molecule has 0 fully saturated rings. The maximum absolute atomic E-state index is 13.0. The number of aliphatic carboxylic acids is 1. The van der Waals surface area contributed by atoms with E-state index in [1.54, 1.807) is 0 Å². The molecule has 268 valence electrons. The monoisotopic (exact) mass is 654 g/mol. The number of nitrogens with one attached hydrogen (secondary N) is 3. The number of hydrogen-bond donors (Lipinski definition) is 7. The van der Waals surface area contributed by atoms with E-state index in [2.05, 4.69) is 35.0 Å². The molecule has 0 saturated heterocycles. The maximum atomic E-state index is 13.0. The molecule has 1 aliphatic heterocycles. The fourth-order valence-electron chi connectivity index (χ4n) is 5.14. The molecule has 0 radical (unpaired) electrons. The molecule has 1 rings (SSSR count). The van der Waals surface area contributed by atoms with E-state index in [1.165, 1.54) is 0 Å². The number of allylic oxidation sites excluding steroid dienone is 4. The van der Waals surface area contributed by atoms with Crippen molar-refractivity contribution in [1.82, 2.24) is 16.0 Å². The van der Waals surface area contributed by atoms with Crippen molar-refractivity contribution < 1.29 is 29.4 Å². The molecule has 1 aliphatic rings. The Morgan fingerprint density at radius 2 is 1.70 bits per heavy atom. The first kappa shape index (κ1) is 45.4. The molecule has 2 unspecified atom stereocenters. The smallest absolute Gasteiger partial charge is 0.300 e. The Bertz CT molecular complexity index is 914. The fourth-order valence-corrected chi connectivity index (χ4v) is 5.14. The Balaban J connectivity index is 0. The minimum Gasteiger partial charge on any atom is -0.481 e. The summed E-state index contributed by atoms with van der Waals surface area (Å²) in [6.07, 6.45) is 16.8. The molecule has 0 aromatic carbocycles. The average Bonchev–Trinajstić information content (AvgIpc) is 2.97. The van der Waals surface area contributed by atoms with Crippen LogP contribution in [0.4, 0.5) is 0 Å². The molecule has 4 atom stereocenters. The predicted octanol–water partition coefficient (Wildman–Crippen LogP) is 4.67. The van der Waals surface area contributed by atoms with Crippen LogP contribution < -0.4 is 27.4 Å². The van der Waals surface area contributed by atoms with Crippen molar-refractivity contribution in [3.63, 3.8) is 0 Å². The Labute approximate surface area is 278 Å². The topological polar surface area (TPSA) is 197 Å². The second-order valence-corrected chi connectivity index (χ2v) is 12.9. The Kier molecular flexibility index (Phi) is 26.0. The van der Waals surface area contributed by atoms with Crippen molar-refractivity contribution >= 4 is 23.7 Å². The van der Waals surface area contributed by atoms with Gasteiger partial charge in [0.15, 0.2) is 0 Å². The zero-order valence-electron chi connectivity index (χ0n) is 29.8. The van der Waals surface area contributed by atoms with Crippen LogP contribution in [-0.2, 0) is 19.2 Å². The zero-order chi connectivity index (χ0) is 35.6. The lowest BCUT2D eigenvalue weighted by atomic mass is 9.83. The van der Waals surface area contributed by atoms with Gasteiger partial charge in [0.1, 0.15) is 6.23 Å². The van der Waals surface area contributed by atoms with E-state index in [9.17, 15) is 19.5 Å². The molecule has 1 heterocycles. The van der Waals surface area contributed by atoms with Crippen molar-refractivity contribution in [2.24, 2.45) is 22.8 Å². The molecule has 0 aromatic heterocycles. The number of hydrogen-bond acceptors (Lipinski definition) is 7. The van der Waals surface area contributed by atoms with Crippen LogP contribution in [0, 0.1) is 11.3 Å². The maximum Gasteiger partial charge on any atom is 0.300 e. The van der Waals surface area contributed by atoms with Crippen molar-refractivity contribution in [2.45, 2.75) is 150 Å². The summed E-state index contributed by atoms with van der Waals surface area (Å²) in [5, 5.41) is 27.6. The Morgan fingerprint density at radius 3 is 2.24 bits per heavy atom. The highest BCUT2D eigenvalue weighted by Crippen LogP contribution is 2.27. The van der Waals surface area contributed by atoms with Crippen LogP contribution >= 0.6 is 0 Å². The summed E-state index contributed by atoms with van der Waals surface area (Å²) >= 11 is 0. The molecule has 3 amide bonds. The molecule has 9 N–H and O–H groups in total. The van der Waals surface area contributed by atoms with Gasteiger partial charge in [-0.25, -0.2) is 0 Å². The van der Waals surface area contributed by atoms with Crippen molar-refractivity contribution in [3.05, 3.63) is 24.3 Å². The summed E-state index contributed by atoms with van der Waals surface area (Å²) in [5.41, 5.74) is 10.4.